The number of piperazine rings is 1. The first kappa shape index (κ1) is 28.1. The molecule has 2 aliphatic heterocycles. The van der Waals surface area contributed by atoms with Crippen molar-refractivity contribution in [3.8, 4) is 11.3 Å². The number of fused-ring (bicyclic) bond motifs is 4. The molecule has 1 aromatic heterocycles. The van der Waals surface area contributed by atoms with Gasteiger partial charge in [0.1, 0.15) is 23.0 Å². The number of halogens is 3. The Morgan fingerprint density at radius 1 is 1.20 bits per heavy atom. The van der Waals surface area contributed by atoms with Gasteiger partial charge >= 0.3 is 6.09 Å². The number of anilines is 3. The Balaban J connectivity index is 1.46. The maximum atomic E-state index is 14.8. The fraction of sp³-hybridized carbons (Fsp3) is 0.286. The summed E-state index contributed by atoms with van der Waals surface area (Å²) >= 11 is 5.88. The van der Waals surface area contributed by atoms with Gasteiger partial charge in [0.2, 0.25) is 5.91 Å². The molecule has 3 heterocycles. The number of aromatic amines is 1. The van der Waals surface area contributed by atoms with E-state index in [0.717, 1.165) is 12.1 Å². The van der Waals surface area contributed by atoms with Gasteiger partial charge in [0.15, 0.2) is 5.82 Å². The van der Waals surface area contributed by atoms with Crippen molar-refractivity contribution in [2.24, 2.45) is 0 Å². The summed E-state index contributed by atoms with van der Waals surface area (Å²) in [6.07, 6.45) is 2.89. The Morgan fingerprint density at radius 3 is 2.78 bits per heavy atom. The van der Waals surface area contributed by atoms with Crippen LogP contribution in [0.5, 0.6) is 0 Å². The van der Waals surface area contributed by atoms with E-state index in [9.17, 15) is 23.2 Å². The van der Waals surface area contributed by atoms with Gasteiger partial charge in [0, 0.05) is 37.0 Å². The second kappa shape index (κ2) is 11.6. The minimum Gasteiger partial charge on any atom is -0.453 e. The van der Waals surface area contributed by atoms with Gasteiger partial charge < -0.3 is 24.8 Å². The minimum absolute atomic E-state index is 0.0873. The van der Waals surface area contributed by atoms with Crippen molar-refractivity contribution in [3.63, 3.8) is 0 Å². The van der Waals surface area contributed by atoms with Crippen LogP contribution in [0.2, 0.25) is 5.02 Å². The molecule has 41 heavy (non-hydrogen) atoms. The van der Waals surface area contributed by atoms with Crippen LogP contribution in [0.4, 0.5) is 30.6 Å². The molecule has 3 N–H and O–H groups in total. The van der Waals surface area contributed by atoms with Crippen LogP contribution in [0.3, 0.4) is 0 Å². The number of rotatable bonds is 3. The molecule has 13 heteroatoms. The largest absolute Gasteiger partial charge is 0.453 e. The highest BCUT2D eigenvalue weighted by Crippen LogP contribution is 2.37. The predicted octanol–water partition coefficient (Wildman–Crippen LogP) is 5.60. The summed E-state index contributed by atoms with van der Waals surface area (Å²) in [5.41, 5.74) is 1.47. The maximum absolute atomic E-state index is 14.8. The Labute approximate surface area is 239 Å². The van der Waals surface area contributed by atoms with E-state index in [1.54, 1.807) is 29.3 Å². The average molecular weight is 585 g/mol. The summed E-state index contributed by atoms with van der Waals surface area (Å²) in [4.78, 5) is 48.7. The molecular weight excluding hydrogens is 558 g/mol. The zero-order chi connectivity index (χ0) is 29.3. The van der Waals surface area contributed by atoms with Crippen LogP contribution in [0.15, 0.2) is 48.8 Å². The van der Waals surface area contributed by atoms with Crippen molar-refractivity contribution in [2.45, 2.75) is 31.7 Å². The van der Waals surface area contributed by atoms with Crippen LogP contribution in [-0.4, -0.2) is 53.0 Å². The first-order valence-electron chi connectivity index (χ1n) is 12.9. The molecule has 10 nitrogen and oxygen atoms in total. The molecule has 3 aromatic rings. The SMILES string of the molecule is C=C1C(=O)N([C@H]2CCCCC(=O)Nc3cc(NC(=O)OC)ccc3-c3c[nH]c2n3)CCN1c1c(F)ccc(Cl)c1F. The number of benzene rings is 2. The summed E-state index contributed by atoms with van der Waals surface area (Å²) in [7, 11) is 1.25. The number of amides is 3. The Hall–Kier alpha value is -4.45. The third kappa shape index (κ3) is 5.60. The summed E-state index contributed by atoms with van der Waals surface area (Å²) < 4.78 is 34.0. The monoisotopic (exact) mass is 584 g/mol. The number of hydrogen-bond donors (Lipinski definition) is 3. The number of carbonyl (C=O) groups excluding carboxylic acids is 3. The summed E-state index contributed by atoms with van der Waals surface area (Å²) in [6.45, 7) is 4.07. The number of carbonyl (C=O) groups is 3. The highest BCUT2D eigenvalue weighted by Gasteiger charge is 2.37. The molecule has 5 rings (SSSR count). The molecule has 1 fully saturated rings. The second-order valence-electron chi connectivity index (χ2n) is 9.65. The van der Waals surface area contributed by atoms with Crippen LogP contribution in [0.1, 0.15) is 37.5 Å². The molecule has 0 saturated carbocycles. The normalized spacial score (nSPS) is 17.8. The Kier molecular flexibility index (Phi) is 7.93. The van der Waals surface area contributed by atoms with Gasteiger partial charge in [-0.2, -0.15) is 0 Å². The fourth-order valence-electron chi connectivity index (χ4n) is 5.07. The molecule has 0 spiro atoms. The van der Waals surface area contributed by atoms with E-state index in [2.05, 4.69) is 26.9 Å². The topological polar surface area (TPSA) is 120 Å². The van der Waals surface area contributed by atoms with Crippen LogP contribution in [0.25, 0.3) is 11.3 Å². The maximum Gasteiger partial charge on any atom is 0.411 e. The molecule has 2 aliphatic rings. The number of methoxy groups -OCH3 is 1. The van der Waals surface area contributed by atoms with Crippen molar-refractivity contribution in [1.82, 2.24) is 14.9 Å². The fourth-order valence-corrected chi connectivity index (χ4v) is 5.22. The molecule has 0 aliphatic carbocycles. The van der Waals surface area contributed by atoms with Gasteiger partial charge in [-0.3, -0.25) is 14.9 Å². The first-order chi connectivity index (χ1) is 19.7. The average Bonchev–Trinajstić information content (AvgIpc) is 3.43. The van der Waals surface area contributed by atoms with Crippen molar-refractivity contribution < 1.29 is 27.9 Å². The number of aromatic nitrogens is 2. The molecular formula is C28H27ClF2N6O4. The van der Waals surface area contributed by atoms with Crippen molar-refractivity contribution in [3.05, 3.63) is 71.3 Å². The number of ether oxygens (including phenoxy) is 1. The standard InChI is InChI=1S/C28H27ClF2N6O4/c1-15-27(39)37(12-11-36(15)25-19(30)10-9-18(29)24(25)31)22-5-3-4-6-23(38)34-20-13-16(33-28(40)41-2)7-8-17(20)21-14-32-26(22)35-21/h7-10,13-14,22H,1,3-6,11-12H2,2H3,(H,32,35)(H,33,40)(H,34,38)/t22-/m0/s1. The van der Waals surface area contributed by atoms with Crippen molar-refractivity contribution in [1.29, 1.82) is 0 Å². The second-order valence-corrected chi connectivity index (χ2v) is 10.1. The highest BCUT2D eigenvalue weighted by atomic mass is 35.5. The van der Waals surface area contributed by atoms with E-state index in [4.69, 9.17) is 16.6 Å². The van der Waals surface area contributed by atoms with E-state index >= 15 is 0 Å². The molecule has 2 aromatic carbocycles. The van der Waals surface area contributed by atoms with Crippen LogP contribution in [-0.2, 0) is 14.3 Å². The van der Waals surface area contributed by atoms with Gasteiger partial charge in [-0.1, -0.05) is 24.6 Å². The number of nitrogens with zero attached hydrogens (tertiary/aromatic N) is 3. The minimum atomic E-state index is -0.961. The van der Waals surface area contributed by atoms with E-state index in [0.29, 0.717) is 47.7 Å². The number of hydrogen-bond acceptors (Lipinski definition) is 6. The van der Waals surface area contributed by atoms with E-state index in [1.807, 2.05) is 0 Å². The molecule has 214 valence electrons. The zero-order valence-corrected chi connectivity index (χ0v) is 22.9. The van der Waals surface area contributed by atoms with Crippen molar-refractivity contribution in [2.75, 3.05) is 35.7 Å². The molecule has 0 radical (unpaired) electrons. The third-order valence-corrected chi connectivity index (χ3v) is 7.40. The van der Waals surface area contributed by atoms with Gasteiger partial charge in [-0.15, -0.1) is 0 Å². The van der Waals surface area contributed by atoms with E-state index in [1.165, 1.54) is 12.0 Å². The number of imidazole rings is 1. The van der Waals surface area contributed by atoms with Crippen LogP contribution < -0.4 is 15.5 Å². The molecule has 1 atom stereocenters. The lowest BCUT2D eigenvalue weighted by molar-refractivity contribution is -0.131. The Bertz CT molecular complexity index is 1540. The summed E-state index contributed by atoms with van der Waals surface area (Å²) in [6, 6.07) is 6.63. The van der Waals surface area contributed by atoms with Gasteiger partial charge in [0.25, 0.3) is 5.91 Å². The molecule has 1 saturated heterocycles. The van der Waals surface area contributed by atoms with Crippen molar-refractivity contribution >= 4 is 46.6 Å². The smallest absolute Gasteiger partial charge is 0.411 e. The van der Waals surface area contributed by atoms with Gasteiger partial charge in [0.05, 0.1) is 29.6 Å². The lowest BCUT2D eigenvalue weighted by atomic mass is 10.0. The Morgan fingerprint density at radius 2 is 2.00 bits per heavy atom. The quantitative estimate of drug-likeness (QED) is 0.272. The van der Waals surface area contributed by atoms with E-state index < -0.39 is 35.4 Å². The van der Waals surface area contributed by atoms with Gasteiger partial charge in [-0.25, -0.2) is 18.6 Å². The lowest BCUT2D eigenvalue weighted by Gasteiger charge is -2.40. The molecule has 0 unspecified atom stereocenters. The predicted molar refractivity (Wildman–Crippen MR) is 149 cm³/mol. The third-order valence-electron chi connectivity index (χ3n) is 7.11. The summed E-state index contributed by atoms with van der Waals surface area (Å²) in [5, 5.41) is 5.21. The van der Waals surface area contributed by atoms with Gasteiger partial charge in [-0.05, 0) is 43.2 Å². The first-order valence-corrected chi connectivity index (χ1v) is 13.3. The molecule has 2 bridgehead atoms. The summed E-state index contributed by atoms with van der Waals surface area (Å²) in [5.74, 6) is -2.00. The molecule has 3 amide bonds. The van der Waals surface area contributed by atoms with Crippen LogP contribution in [0, 0.1) is 11.6 Å². The zero-order valence-electron chi connectivity index (χ0n) is 22.1. The van der Waals surface area contributed by atoms with E-state index in [-0.39, 0.29) is 36.1 Å². The number of H-pyrrole nitrogens is 1. The van der Waals surface area contributed by atoms with Crippen LogP contribution >= 0.6 is 11.6 Å². The lowest BCUT2D eigenvalue weighted by Crippen LogP contribution is -2.50. The highest BCUT2D eigenvalue weighted by molar-refractivity contribution is 6.31. The number of nitrogens with one attached hydrogen (secondary N) is 3.